The van der Waals surface area contributed by atoms with E-state index in [2.05, 4.69) is 24.3 Å². The van der Waals surface area contributed by atoms with Gasteiger partial charge in [-0.1, -0.05) is 60.7 Å². The molecule has 6 nitrogen and oxygen atoms in total. The van der Waals surface area contributed by atoms with Crippen molar-refractivity contribution in [2.45, 2.75) is 12.3 Å². The highest BCUT2D eigenvalue weighted by molar-refractivity contribution is 5.95. The molecule has 6 heteroatoms. The zero-order valence-corrected chi connectivity index (χ0v) is 19.6. The van der Waals surface area contributed by atoms with Crippen LogP contribution in [0.1, 0.15) is 33.8 Å². The molecule has 1 saturated heterocycles. The summed E-state index contributed by atoms with van der Waals surface area (Å²) >= 11 is 0. The van der Waals surface area contributed by atoms with Crippen molar-refractivity contribution in [3.63, 3.8) is 0 Å². The maximum atomic E-state index is 13.2. The van der Waals surface area contributed by atoms with Gasteiger partial charge < -0.3 is 19.3 Å². The van der Waals surface area contributed by atoms with Crippen LogP contribution in [0.5, 0.6) is 11.5 Å². The molecule has 0 unspecified atom stereocenters. The SMILES string of the molecule is COc1ccc(C(=O)N2CCN(C(=O)CC(c3ccccc3)c3ccccc3)CC2)cc1OC. The quantitative estimate of drug-likeness (QED) is 0.532. The summed E-state index contributed by atoms with van der Waals surface area (Å²) in [6.07, 6.45) is 0.400. The number of benzene rings is 3. The number of piperazine rings is 1. The van der Waals surface area contributed by atoms with E-state index < -0.39 is 0 Å². The number of ether oxygens (including phenoxy) is 2. The molecule has 0 radical (unpaired) electrons. The van der Waals surface area contributed by atoms with Crippen LogP contribution >= 0.6 is 0 Å². The van der Waals surface area contributed by atoms with Gasteiger partial charge in [0.1, 0.15) is 0 Å². The first-order valence-corrected chi connectivity index (χ1v) is 11.5. The zero-order valence-electron chi connectivity index (χ0n) is 19.6. The number of rotatable bonds is 7. The van der Waals surface area contributed by atoms with E-state index in [1.165, 1.54) is 0 Å². The predicted octanol–water partition coefficient (Wildman–Crippen LogP) is 4.21. The summed E-state index contributed by atoms with van der Waals surface area (Å²) in [6, 6.07) is 25.5. The average molecular weight is 459 g/mol. The lowest BCUT2D eigenvalue weighted by Gasteiger charge is -2.35. The highest BCUT2D eigenvalue weighted by Crippen LogP contribution is 2.30. The van der Waals surface area contributed by atoms with Crippen molar-refractivity contribution in [1.82, 2.24) is 9.80 Å². The average Bonchev–Trinajstić information content (AvgIpc) is 2.91. The van der Waals surface area contributed by atoms with Gasteiger partial charge in [-0.05, 0) is 29.3 Å². The smallest absolute Gasteiger partial charge is 0.254 e. The molecule has 3 aromatic carbocycles. The molecule has 2 amide bonds. The Labute approximate surface area is 200 Å². The number of amides is 2. The Bertz CT molecular complexity index is 1070. The van der Waals surface area contributed by atoms with Crippen LogP contribution in [0, 0.1) is 0 Å². The largest absolute Gasteiger partial charge is 0.493 e. The molecule has 1 aliphatic heterocycles. The standard InChI is InChI=1S/C28H30N2O4/c1-33-25-14-13-23(19-26(25)34-2)28(32)30-17-15-29(16-18-30)27(31)20-24(21-9-5-3-6-10-21)22-11-7-4-8-12-22/h3-14,19,24H,15-18,20H2,1-2H3. The van der Waals surface area contributed by atoms with E-state index in [1.807, 2.05) is 41.3 Å². The van der Waals surface area contributed by atoms with Gasteiger partial charge in [0.15, 0.2) is 11.5 Å². The lowest BCUT2D eigenvalue weighted by molar-refractivity contribution is -0.132. The van der Waals surface area contributed by atoms with Crippen LogP contribution in [0.25, 0.3) is 0 Å². The summed E-state index contributed by atoms with van der Waals surface area (Å²) in [4.78, 5) is 29.9. The second-order valence-corrected chi connectivity index (χ2v) is 8.32. The fourth-order valence-corrected chi connectivity index (χ4v) is 4.41. The number of carbonyl (C=O) groups excluding carboxylic acids is 2. The molecule has 1 aliphatic rings. The monoisotopic (exact) mass is 458 g/mol. The van der Waals surface area contributed by atoms with Crippen molar-refractivity contribution >= 4 is 11.8 Å². The van der Waals surface area contributed by atoms with Crippen LogP contribution < -0.4 is 9.47 Å². The van der Waals surface area contributed by atoms with Crippen molar-refractivity contribution in [2.24, 2.45) is 0 Å². The van der Waals surface area contributed by atoms with Crippen LogP contribution in [0.3, 0.4) is 0 Å². The molecule has 1 fully saturated rings. The molecule has 4 rings (SSSR count). The van der Waals surface area contributed by atoms with Crippen molar-refractivity contribution in [2.75, 3.05) is 40.4 Å². The third kappa shape index (κ3) is 5.22. The molecule has 176 valence electrons. The van der Waals surface area contributed by atoms with E-state index in [0.717, 1.165) is 11.1 Å². The van der Waals surface area contributed by atoms with Crippen LogP contribution in [0.4, 0.5) is 0 Å². The minimum absolute atomic E-state index is 0.00123. The van der Waals surface area contributed by atoms with Gasteiger partial charge >= 0.3 is 0 Å². The summed E-state index contributed by atoms with van der Waals surface area (Å²) < 4.78 is 10.6. The fourth-order valence-electron chi connectivity index (χ4n) is 4.41. The van der Waals surface area contributed by atoms with Gasteiger partial charge in [-0.25, -0.2) is 0 Å². The van der Waals surface area contributed by atoms with E-state index in [-0.39, 0.29) is 17.7 Å². The summed E-state index contributed by atoms with van der Waals surface area (Å²) in [6.45, 7) is 2.04. The first-order valence-electron chi connectivity index (χ1n) is 11.5. The van der Waals surface area contributed by atoms with Crippen molar-refractivity contribution in [1.29, 1.82) is 0 Å². The molecule has 34 heavy (non-hydrogen) atoms. The Hall–Kier alpha value is -3.80. The number of nitrogens with zero attached hydrogens (tertiary/aromatic N) is 2. The van der Waals surface area contributed by atoms with Gasteiger partial charge in [0, 0.05) is 44.1 Å². The molecule has 0 saturated carbocycles. The maximum absolute atomic E-state index is 13.2. The Morgan fingerprint density at radius 2 is 1.26 bits per heavy atom. The van der Waals surface area contributed by atoms with Crippen molar-refractivity contribution in [3.8, 4) is 11.5 Å². The van der Waals surface area contributed by atoms with Crippen LogP contribution in [-0.2, 0) is 4.79 Å². The lowest BCUT2D eigenvalue weighted by Crippen LogP contribution is -2.50. The van der Waals surface area contributed by atoms with E-state index in [4.69, 9.17) is 9.47 Å². The molecule has 0 N–H and O–H groups in total. The Morgan fingerprint density at radius 1 is 0.735 bits per heavy atom. The lowest BCUT2D eigenvalue weighted by atomic mass is 9.88. The third-order valence-corrected chi connectivity index (χ3v) is 6.33. The molecular formula is C28H30N2O4. The summed E-state index contributed by atoms with van der Waals surface area (Å²) in [5.74, 6) is 1.15. The third-order valence-electron chi connectivity index (χ3n) is 6.33. The van der Waals surface area contributed by atoms with E-state index >= 15 is 0 Å². The fraction of sp³-hybridized carbons (Fsp3) is 0.286. The van der Waals surface area contributed by atoms with Gasteiger partial charge in [0.05, 0.1) is 14.2 Å². The van der Waals surface area contributed by atoms with Gasteiger partial charge in [0.2, 0.25) is 5.91 Å². The molecule has 3 aromatic rings. The number of carbonyl (C=O) groups is 2. The molecule has 1 heterocycles. The molecular weight excluding hydrogens is 428 g/mol. The van der Waals surface area contributed by atoms with Crippen LogP contribution in [-0.4, -0.2) is 62.0 Å². The number of hydrogen-bond acceptors (Lipinski definition) is 4. The van der Waals surface area contributed by atoms with E-state index in [1.54, 1.807) is 37.3 Å². The second kappa shape index (κ2) is 10.9. The van der Waals surface area contributed by atoms with Crippen molar-refractivity contribution in [3.05, 3.63) is 95.6 Å². The van der Waals surface area contributed by atoms with Gasteiger partial charge in [-0.15, -0.1) is 0 Å². The van der Waals surface area contributed by atoms with Gasteiger partial charge in [-0.3, -0.25) is 9.59 Å². The first kappa shape index (κ1) is 23.4. The predicted molar refractivity (Wildman–Crippen MR) is 131 cm³/mol. The number of methoxy groups -OCH3 is 2. The molecule has 0 bridgehead atoms. The van der Waals surface area contributed by atoms with E-state index in [9.17, 15) is 9.59 Å². The normalized spacial score (nSPS) is 13.6. The second-order valence-electron chi connectivity index (χ2n) is 8.32. The summed E-state index contributed by atoms with van der Waals surface area (Å²) in [5, 5.41) is 0. The molecule has 0 spiro atoms. The van der Waals surface area contributed by atoms with Crippen LogP contribution in [0.2, 0.25) is 0 Å². The maximum Gasteiger partial charge on any atom is 0.254 e. The topological polar surface area (TPSA) is 59.1 Å². The number of hydrogen-bond donors (Lipinski definition) is 0. The highest BCUT2D eigenvalue weighted by Gasteiger charge is 2.27. The van der Waals surface area contributed by atoms with E-state index in [0.29, 0.717) is 49.7 Å². The highest BCUT2D eigenvalue weighted by atomic mass is 16.5. The summed E-state index contributed by atoms with van der Waals surface area (Å²) in [7, 11) is 3.12. The molecule has 0 aromatic heterocycles. The zero-order chi connectivity index (χ0) is 23.9. The Morgan fingerprint density at radius 3 is 1.79 bits per heavy atom. The van der Waals surface area contributed by atoms with Gasteiger partial charge in [0.25, 0.3) is 5.91 Å². The molecule has 0 atom stereocenters. The minimum atomic E-state index is -0.0699. The Balaban J connectivity index is 1.40. The summed E-state index contributed by atoms with van der Waals surface area (Å²) in [5.41, 5.74) is 2.80. The van der Waals surface area contributed by atoms with Gasteiger partial charge in [-0.2, -0.15) is 0 Å². The minimum Gasteiger partial charge on any atom is -0.493 e. The van der Waals surface area contributed by atoms with Crippen molar-refractivity contribution < 1.29 is 19.1 Å². The first-order chi connectivity index (χ1) is 16.6. The Kier molecular flexibility index (Phi) is 7.48. The van der Waals surface area contributed by atoms with Crippen LogP contribution in [0.15, 0.2) is 78.9 Å². The molecule has 0 aliphatic carbocycles.